The highest BCUT2D eigenvalue weighted by molar-refractivity contribution is 5.42. The average Bonchev–Trinajstić information content (AvgIpc) is 2.75. The molecule has 2 atom stereocenters. The lowest BCUT2D eigenvalue weighted by Gasteiger charge is -2.41. The highest BCUT2D eigenvalue weighted by Crippen LogP contribution is 2.28. The Hall–Kier alpha value is -2.12. The molecule has 6 nitrogen and oxygen atoms in total. The van der Waals surface area contributed by atoms with E-state index in [9.17, 15) is 5.11 Å². The molecule has 0 amide bonds. The number of benzene rings is 2. The van der Waals surface area contributed by atoms with E-state index in [1.807, 2.05) is 24.3 Å². The normalized spacial score (nSPS) is 19.1. The van der Waals surface area contributed by atoms with E-state index in [0.717, 1.165) is 25.2 Å². The van der Waals surface area contributed by atoms with Gasteiger partial charge in [0.2, 0.25) is 0 Å². The summed E-state index contributed by atoms with van der Waals surface area (Å²) in [6, 6.07) is 16.5. The van der Waals surface area contributed by atoms with Crippen LogP contribution in [-0.4, -0.2) is 75.1 Å². The zero-order valence-electron chi connectivity index (χ0n) is 17.6. The van der Waals surface area contributed by atoms with Crippen LogP contribution in [0.3, 0.4) is 0 Å². The minimum absolute atomic E-state index is 0.287. The predicted molar refractivity (Wildman–Crippen MR) is 113 cm³/mol. The van der Waals surface area contributed by atoms with Crippen molar-refractivity contribution in [2.24, 2.45) is 0 Å². The molecule has 0 saturated carbocycles. The lowest BCUT2D eigenvalue weighted by Crippen LogP contribution is -2.49. The van der Waals surface area contributed by atoms with Gasteiger partial charge in [-0.25, -0.2) is 0 Å². The molecule has 0 spiro atoms. The van der Waals surface area contributed by atoms with Crippen molar-refractivity contribution in [2.45, 2.75) is 18.8 Å². The number of hydrogen-bond acceptors (Lipinski definition) is 6. The third-order valence-electron chi connectivity index (χ3n) is 5.35. The number of rotatable bonds is 9. The van der Waals surface area contributed by atoms with Crippen molar-refractivity contribution in [3.63, 3.8) is 0 Å². The molecule has 0 bridgehead atoms. The highest BCUT2D eigenvalue weighted by atomic mass is 16.5. The van der Waals surface area contributed by atoms with Gasteiger partial charge in [-0.1, -0.05) is 36.4 Å². The maximum atomic E-state index is 10.6. The molecule has 2 aromatic carbocycles. The molecule has 1 saturated heterocycles. The SMILES string of the molecule is COc1ccc(COC[C@@H](O)CN2CCN(C)C[C@H]2c2ccccc2)cc1OC. The third-order valence-corrected chi connectivity index (χ3v) is 5.35. The number of hydrogen-bond donors (Lipinski definition) is 1. The maximum Gasteiger partial charge on any atom is 0.161 e. The molecule has 29 heavy (non-hydrogen) atoms. The van der Waals surface area contributed by atoms with Crippen LogP contribution in [0.25, 0.3) is 0 Å². The Morgan fingerprint density at radius 3 is 2.52 bits per heavy atom. The Morgan fingerprint density at radius 2 is 1.79 bits per heavy atom. The van der Waals surface area contributed by atoms with Gasteiger partial charge in [0.25, 0.3) is 0 Å². The number of nitrogens with zero attached hydrogens (tertiary/aromatic N) is 2. The van der Waals surface area contributed by atoms with Crippen molar-refractivity contribution >= 4 is 0 Å². The molecule has 158 valence electrons. The summed E-state index contributed by atoms with van der Waals surface area (Å²) in [6.45, 7) is 4.21. The molecule has 0 aliphatic carbocycles. The van der Waals surface area contributed by atoms with Gasteiger partial charge in [0.15, 0.2) is 11.5 Å². The van der Waals surface area contributed by atoms with Gasteiger partial charge in [0, 0.05) is 32.2 Å². The molecule has 1 aliphatic heterocycles. The van der Waals surface area contributed by atoms with Gasteiger partial charge >= 0.3 is 0 Å². The lowest BCUT2D eigenvalue weighted by atomic mass is 10.0. The molecular weight excluding hydrogens is 368 g/mol. The molecule has 1 heterocycles. The standard InChI is InChI=1S/C23H32N2O4/c1-24-11-12-25(21(15-24)19-7-5-4-6-8-19)14-20(26)17-29-16-18-9-10-22(27-2)23(13-18)28-3/h4-10,13,20-21,26H,11-12,14-17H2,1-3H3/t20-,21-/m0/s1. The topological polar surface area (TPSA) is 54.4 Å². The van der Waals surface area contributed by atoms with Crippen molar-refractivity contribution in [2.75, 3.05) is 54.1 Å². The van der Waals surface area contributed by atoms with Crippen molar-refractivity contribution < 1.29 is 19.3 Å². The molecule has 2 aromatic rings. The Bertz CT molecular complexity index is 756. The Balaban J connectivity index is 1.52. The van der Waals surface area contributed by atoms with E-state index in [-0.39, 0.29) is 6.04 Å². The lowest BCUT2D eigenvalue weighted by molar-refractivity contribution is -0.0116. The molecule has 0 aromatic heterocycles. The van der Waals surface area contributed by atoms with E-state index in [1.54, 1.807) is 14.2 Å². The first kappa shape index (κ1) is 21.6. The van der Waals surface area contributed by atoms with E-state index in [0.29, 0.717) is 31.3 Å². The summed E-state index contributed by atoms with van der Waals surface area (Å²) in [7, 11) is 5.38. The second kappa shape index (κ2) is 10.6. The first-order valence-electron chi connectivity index (χ1n) is 10.0. The maximum absolute atomic E-state index is 10.6. The van der Waals surface area contributed by atoms with Gasteiger partial charge in [0.05, 0.1) is 33.5 Å². The summed E-state index contributed by atoms with van der Waals surface area (Å²) in [4.78, 5) is 4.70. The summed E-state index contributed by atoms with van der Waals surface area (Å²) in [5.41, 5.74) is 2.27. The van der Waals surface area contributed by atoms with Gasteiger partial charge < -0.3 is 24.2 Å². The summed E-state index contributed by atoms with van der Waals surface area (Å²) in [5.74, 6) is 1.37. The number of likely N-dealkylation sites (N-methyl/N-ethyl adjacent to an activating group) is 1. The molecule has 0 unspecified atom stereocenters. The van der Waals surface area contributed by atoms with Gasteiger partial charge in [-0.3, -0.25) is 4.90 Å². The smallest absolute Gasteiger partial charge is 0.161 e. The quantitative estimate of drug-likeness (QED) is 0.698. The zero-order chi connectivity index (χ0) is 20.6. The Labute approximate surface area is 173 Å². The predicted octanol–water partition coefficient (Wildman–Crippen LogP) is 2.57. The molecule has 1 aliphatic rings. The van der Waals surface area contributed by atoms with Crippen molar-refractivity contribution in [1.82, 2.24) is 9.80 Å². The van der Waals surface area contributed by atoms with Crippen LogP contribution in [0.2, 0.25) is 0 Å². The first-order chi connectivity index (χ1) is 14.1. The number of methoxy groups -OCH3 is 2. The van der Waals surface area contributed by atoms with Crippen LogP contribution in [0.4, 0.5) is 0 Å². The van der Waals surface area contributed by atoms with E-state index in [2.05, 4.69) is 41.1 Å². The van der Waals surface area contributed by atoms with Gasteiger partial charge in [-0.2, -0.15) is 0 Å². The molecule has 1 N–H and O–H groups in total. The number of aliphatic hydroxyl groups is 1. The van der Waals surface area contributed by atoms with E-state index in [1.165, 1.54) is 5.56 Å². The zero-order valence-corrected chi connectivity index (χ0v) is 17.6. The van der Waals surface area contributed by atoms with Crippen LogP contribution >= 0.6 is 0 Å². The molecule has 1 fully saturated rings. The first-order valence-corrected chi connectivity index (χ1v) is 10.0. The van der Waals surface area contributed by atoms with Crippen LogP contribution in [-0.2, 0) is 11.3 Å². The molecule has 0 radical (unpaired) electrons. The second-order valence-corrected chi connectivity index (χ2v) is 7.54. The van der Waals surface area contributed by atoms with E-state index >= 15 is 0 Å². The Morgan fingerprint density at radius 1 is 1.03 bits per heavy atom. The fourth-order valence-corrected chi connectivity index (χ4v) is 3.77. The summed E-state index contributed by atoms with van der Waals surface area (Å²) in [5, 5.41) is 10.6. The summed E-state index contributed by atoms with van der Waals surface area (Å²) >= 11 is 0. The van der Waals surface area contributed by atoms with Crippen LogP contribution in [0.1, 0.15) is 17.2 Å². The minimum atomic E-state index is -0.537. The van der Waals surface area contributed by atoms with Crippen molar-refractivity contribution in [3.8, 4) is 11.5 Å². The highest BCUT2D eigenvalue weighted by Gasteiger charge is 2.28. The number of piperazine rings is 1. The molecular formula is C23H32N2O4. The Kier molecular flexibility index (Phi) is 7.89. The summed E-state index contributed by atoms with van der Waals surface area (Å²) in [6.07, 6.45) is -0.537. The van der Waals surface area contributed by atoms with Crippen LogP contribution in [0.5, 0.6) is 11.5 Å². The molecule has 3 rings (SSSR count). The number of ether oxygens (including phenoxy) is 3. The largest absolute Gasteiger partial charge is 0.493 e. The van der Waals surface area contributed by atoms with Gasteiger partial charge in [-0.05, 0) is 30.3 Å². The van der Waals surface area contributed by atoms with E-state index in [4.69, 9.17) is 14.2 Å². The van der Waals surface area contributed by atoms with Crippen LogP contribution < -0.4 is 9.47 Å². The average molecular weight is 401 g/mol. The molecule has 6 heteroatoms. The third kappa shape index (κ3) is 5.93. The number of aliphatic hydroxyl groups excluding tert-OH is 1. The monoisotopic (exact) mass is 400 g/mol. The second-order valence-electron chi connectivity index (χ2n) is 7.54. The summed E-state index contributed by atoms with van der Waals surface area (Å²) < 4.78 is 16.4. The van der Waals surface area contributed by atoms with Crippen LogP contribution in [0, 0.1) is 0 Å². The van der Waals surface area contributed by atoms with Crippen molar-refractivity contribution in [3.05, 3.63) is 59.7 Å². The van der Waals surface area contributed by atoms with Gasteiger partial charge in [-0.15, -0.1) is 0 Å². The van der Waals surface area contributed by atoms with Crippen molar-refractivity contribution in [1.29, 1.82) is 0 Å². The minimum Gasteiger partial charge on any atom is -0.493 e. The fourth-order valence-electron chi connectivity index (χ4n) is 3.77. The van der Waals surface area contributed by atoms with Crippen LogP contribution in [0.15, 0.2) is 48.5 Å². The fraction of sp³-hybridized carbons (Fsp3) is 0.478. The number of β-amino-alcohol motifs (C(OH)–C–C–N with tert-alkyl or cyclic N) is 1. The van der Waals surface area contributed by atoms with Gasteiger partial charge in [0.1, 0.15) is 0 Å². The van der Waals surface area contributed by atoms with E-state index < -0.39 is 6.10 Å².